The maximum absolute atomic E-state index is 11.8. The van der Waals surface area contributed by atoms with Crippen LogP contribution in [0.4, 0.5) is 0 Å². The predicted octanol–water partition coefficient (Wildman–Crippen LogP) is 2.67. The number of carbonyl (C=O) groups is 1. The van der Waals surface area contributed by atoms with Crippen molar-refractivity contribution in [2.45, 2.75) is 51.1 Å². The maximum Gasteiger partial charge on any atom is 0.236 e. The molecule has 0 aliphatic heterocycles. The van der Waals surface area contributed by atoms with E-state index >= 15 is 0 Å². The van der Waals surface area contributed by atoms with Gasteiger partial charge < -0.3 is 11.1 Å². The van der Waals surface area contributed by atoms with Crippen molar-refractivity contribution in [2.24, 2.45) is 11.7 Å². The van der Waals surface area contributed by atoms with Gasteiger partial charge in [0, 0.05) is 6.04 Å². The van der Waals surface area contributed by atoms with Gasteiger partial charge in [-0.1, -0.05) is 43.2 Å². The molecule has 2 unspecified atom stereocenters. The minimum Gasteiger partial charge on any atom is -0.352 e. The van der Waals surface area contributed by atoms with Crippen molar-refractivity contribution in [3.05, 3.63) is 35.9 Å². The topological polar surface area (TPSA) is 55.1 Å². The predicted molar refractivity (Wildman–Crippen MR) is 84.9 cm³/mol. The van der Waals surface area contributed by atoms with E-state index in [1.165, 1.54) is 24.8 Å². The fourth-order valence-electron chi connectivity index (χ4n) is 2.87. The summed E-state index contributed by atoms with van der Waals surface area (Å²) in [5.74, 6) is 0.517. The van der Waals surface area contributed by atoms with Crippen molar-refractivity contribution < 1.29 is 4.79 Å². The largest absolute Gasteiger partial charge is 0.352 e. The molecule has 0 spiro atoms. The molecular weight excluding hydrogens is 272 g/mol. The van der Waals surface area contributed by atoms with Gasteiger partial charge in [-0.05, 0) is 37.7 Å². The quantitative estimate of drug-likeness (QED) is 0.897. The van der Waals surface area contributed by atoms with Crippen LogP contribution in [0.15, 0.2) is 30.3 Å². The van der Waals surface area contributed by atoms with Crippen molar-refractivity contribution in [3.8, 4) is 0 Å². The number of hydrogen-bond acceptors (Lipinski definition) is 2. The Kier molecular flexibility index (Phi) is 7.03. The lowest BCUT2D eigenvalue weighted by Gasteiger charge is -2.32. The summed E-state index contributed by atoms with van der Waals surface area (Å²) < 4.78 is 0. The molecule has 1 aliphatic rings. The van der Waals surface area contributed by atoms with E-state index in [9.17, 15) is 4.79 Å². The first-order valence-electron chi connectivity index (χ1n) is 7.26. The van der Waals surface area contributed by atoms with E-state index in [2.05, 4.69) is 29.6 Å². The lowest BCUT2D eigenvalue weighted by molar-refractivity contribution is -0.123. The summed E-state index contributed by atoms with van der Waals surface area (Å²) in [6, 6.07) is 10.4. The van der Waals surface area contributed by atoms with E-state index in [0.717, 1.165) is 12.8 Å². The van der Waals surface area contributed by atoms with E-state index in [-0.39, 0.29) is 24.4 Å². The van der Waals surface area contributed by atoms with Gasteiger partial charge in [0.1, 0.15) is 0 Å². The van der Waals surface area contributed by atoms with Crippen LogP contribution in [0, 0.1) is 5.92 Å². The summed E-state index contributed by atoms with van der Waals surface area (Å²) in [6.07, 6.45) is 5.79. The Bertz CT molecular complexity index is 408. The standard InChI is InChI=1S/C16H24N2O.ClH/c1-12(17)16(19)18-15-10-6-5-9-14(15)11-13-7-3-2-4-8-13;/h2-4,7-8,12,14-15H,5-6,9-11,17H2,1H3,(H,18,19);1H/t12-,14?,15?;/m0./s1. The van der Waals surface area contributed by atoms with Gasteiger partial charge in [0.15, 0.2) is 0 Å². The molecule has 1 fully saturated rings. The van der Waals surface area contributed by atoms with Gasteiger partial charge >= 0.3 is 0 Å². The molecular formula is C16H25ClN2O. The van der Waals surface area contributed by atoms with Gasteiger partial charge in [0.2, 0.25) is 5.91 Å². The number of halogens is 1. The average molecular weight is 297 g/mol. The SMILES string of the molecule is C[C@H](N)C(=O)NC1CCCCC1Cc1ccccc1.Cl. The van der Waals surface area contributed by atoms with Crippen molar-refractivity contribution in [3.63, 3.8) is 0 Å². The molecule has 1 aromatic carbocycles. The molecule has 0 radical (unpaired) electrons. The van der Waals surface area contributed by atoms with Crippen LogP contribution in [0.2, 0.25) is 0 Å². The summed E-state index contributed by atoms with van der Waals surface area (Å²) in [6.45, 7) is 1.74. The highest BCUT2D eigenvalue weighted by Gasteiger charge is 2.27. The van der Waals surface area contributed by atoms with E-state index in [1.54, 1.807) is 6.92 Å². The van der Waals surface area contributed by atoms with Crippen LogP contribution in [0.5, 0.6) is 0 Å². The second-order valence-corrected chi connectivity index (χ2v) is 5.64. The number of benzene rings is 1. The van der Waals surface area contributed by atoms with E-state index in [4.69, 9.17) is 5.73 Å². The lowest BCUT2D eigenvalue weighted by atomic mass is 9.80. The zero-order valence-corrected chi connectivity index (χ0v) is 12.9. The summed E-state index contributed by atoms with van der Waals surface area (Å²) in [5.41, 5.74) is 7.00. The van der Waals surface area contributed by atoms with Gasteiger partial charge in [-0.3, -0.25) is 4.79 Å². The van der Waals surface area contributed by atoms with Crippen LogP contribution in [-0.2, 0) is 11.2 Å². The molecule has 1 amide bonds. The van der Waals surface area contributed by atoms with Gasteiger partial charge in [-0.15, -0.1) is 12.4 Å². The lowest BCUT2D eigenvalue weighted by Crippen LogP contribution is -2.48. The number of rotatable bonds is 4. The first kappa shape index (κ1) is 17.0. The minimum absolute atomic E-state index is 0. The van der Waals surface area contributed by atoms with Gasteiger partial charge in [-0.25, -0.2) is 0 Å². The maximum atomic E-state index is 11.8. The van der Waals surface area contributed by atoms with Gasteiger partial charge in [-0.2, -0.15) is 0 Å². The highest BCUT2D eigenvalue weighted by atomic mass is 35.5. The fourth-order valence-corrected chi connectivity index (χ4v) is 2.87. The number of carbonyl (C=O) groups excluding carboxylic acids is 1. The average Bonchev–Trinajstić information content (AvgIpc) is 2.42. The summed E-state index contributed by atoms with van der Waals surface area (Å²) >= 11 is 0. The number of hydrogen-bond donors (Lipinski definition) is 2. The van der Waals surface area contributed by atoms with Crippen LogP contribution in [0.1, 0.15) is 38.2 Å². The third-order valence-corrected chi connectivity index (χ3v) is 3.99. The Morgan fingerprint density at radius 1 is 1.30 bits per heavy atom. The molecule has 0 aromatic heterocycles. The highest BCUT2D eigenvalue weighted by Crippen LogP contribution is 2.27. The second-order valence-electron chi connectivity index (χ2n) is 5.64. The minimum atomic E-state index is -0.417. The van der Waals surface area contributed by atoms with Crippen molar-refractivity contribution >= 4 is 18.3 Å². The Morgan fingerprint density at radius 3 is 2.60 bits per heavy atom. The Morgan fingerprint density at radius 2 is 1.95 bits per heavy atom. The molecule has 112 valence electrons. The molecule has 1 aromatic rings. The van der Waals surface area contributed by atoms with E-state index in [1.807, 2.05) is 6.07 Å². The first-order chi connectivity index (χ1) is 9.16. The first-order valence-corrected chi connectivity index (χ1v) is 7.26. The fraction of sp³-hybridized carbons (Fsp3) is 0.562. The molecule has 3 atom stereocenters. The zero-order valence-electron chi connectivity index (χ0n) is 12.0. The number of amides is 1. The van der Waals surface area contributed by atoms with Crippen LogP contribution in [0.25, 0.3) is 0 Å². The number of nitrogens with two attached hydrogens (primary N) is 1. The van der Waals surface area contributed by atoms with Crippen molar-refractivity contribution in [2.75, 3.05) is 0 Å². The van der Waals surface area contributed by atoms with Gasteiger partial charge in [0.05, 0.1) is 6.04 Å². The Hall–Kier alpha value is -1.06. The molecule has 4 heteroatoms. The highest BCUT2D eigenvalue weighted by molar-refractivity contribution is 5.85. The smallest absolute Gasteiger partial charge is 0.236 e. The number of nitrogens with one attached hydrogen (secondary N) is 1. The van der Waals surface area contributed by atoms with E-state index < -0.39 is 6.04 Å². The third-order valence-electron chi connectivity index (χ3n) is 3.99. The summed E-state index contributed by atoms with van der Waals surface area (Å²) in [4.78, 5) is 11.8. The van der Waals surface area contributed by atoms with Gasteiger partial charge in [0.25, 0.3) is 0 Å². The van der Waals surface area contributed by atoms with Crippen LogP contribution < -0.4 is 11.1 Å². The normalized spacial score (nSPS) is 23.5. The zero-order chi connectivity index (χ0) is 13.7. The monoisotopic (exact) mass is 296 g/mol. The van der Waals surface area contributed by atoms with E-state index in [0.29, 0.717) is 5.92 Å². The molecule has 20 heavy (non-hydrogen) atoms. The molecule has 0 bridgehead atoms. The van der Waals surface area contributed by atoms with Crippen molar-refractivity contribution in [1.82, 2.24) is 5.32 Å². The molecule has 1 aliphatic carbocycles. The summed E-state index contributed by atoms with van der Waals surface area (Å²) in [7, 11) is 0. The van der Waals surface area contributed by atoms with Crippen LogP contribution in [-0.4, -0.2) is 18.0 Å². The van der Waals surface area contributed by atoms with Crippen LogP contribution in [0.3, 0.4) is 0 Å². The Balaban J connectivity index is 0.00000200. The molecule has 3 nitrogen and oxygen atoms in total. The molecule has 0 saturated heterocycles. The third kappa shape index (κ3) is 4.80. The molecule has 1 saturated carbocycles. The molecule has 2 rings (SSSR count). The van der Waals surface area contributed by atoms with Crippen LogP contribution >= 0.6 is 12.4 Å². The second kappa shape index (κ2) is 8.28. The Labute approximate surface area is 127 Å². The molecule has 3 N–H and O–H groups in total. The van der Waals surface area contributed by atoms with Crippen molar-refractivity contribution in [1.29, 1.82) is 0 Å². The molecule has 0 heterocycles. The summed E-state index contributed by atoms with van der Waals surface area (Å²) in [5, 5.41) is 3.12.